The van der Waals surface area contributed by atoms with Gasteiger partial charge in [0, 0.05) is 0 Å². The minimum Gasteiger partial charge on any atom is -0.469 e. The van der Waals surface area contributed by atoms with E-state index in [0.717, 1.165) is 29.9 Å². The van der Waals surface area contributed by atoms with Gasteiger partial charge in [0.15, 0.2) is 0 Å². The maximum absolute atomic E-state index is 11.7. The number of aliphatic hydroxyl groups excluding tert-OH is 1. The minimum atomic E-state index is -0.563. The van der Waals surface area contributed by atoms with E-state index in [2.05, 4.69) is 32.6 Å². The number of ether oxygens (including phenoxy) is 1. The van der Waals surface area contributed by atoms with Crippen molar-refractivity contribution in [1.29, 1.82) is 0 Å². The van der Waals surface area contributed by atoms with Crippen molar-refractivity contribution < 1.29 is 19.7 Å². The van der Waals surface area contributed by atoms with Gasteiger partial charge in [0.05, 0.1) is 25.2 Å². The van der Waals surface area contributed by atoms with Gasteiger partial charge >= 0.3 is 5.97 Å². The Morgan fingerprint density at radius 2 is 2.03 bits per heavy atom. The molecule has 3 aliphatic rings. The van der Waals surface area contributed by atoms with E-state index in [0.29, 0.717) is 30.1 Å². The largest absolute Gasteiger partial charge is 0.469 e. The van der Waals surface area contributed by atoms with Gasteiger partial charge in [-0.2, -0.15) is 0 Å². The van der Waals surface area contributed by atoms with E-state index in [1.807, 2.05) is 13.8 Å². The predicted molar refractivity (Wildman–Crippen MR) is 138 cm³/mol. The van der Waals surface area contributed by atoms with Crippen molar-refractivity contribution in [3.8, 4) is 0 Å². The summed E-state index contributed by atoms with van der Waals surface area (Å²) >= 11 is 0. The Morgan fingerprint density at radius 1 is 1.29 bits per heavy atom. The van der Waals surface area contributed by atoms with Gasteiger partial charge in [-0.05, 0) is 99.9 Å². The number of hydrogen-bond donors (Lipinski definition) is 2. The van der Waals surface area contributed by atoms with E-state index in [1.165, 1.54) is 45.6 Å². The van der Waals surface area contributed by atoms with E-state index in [-0.39, 0.29) is 18.3 Å². The fraction of sp³-hybridized carbons (Fsp3) is 0.767. The second kappa shape index (κ2) is 11.1. The molecule has 0 aromatic rings. The Bertz CT molecular complexity index is 801. The van der Waals surface area contributed by atoms with Crippen molar-refractivity contribution in [2.45, 2.75) is 110 Å². The number of esters is 1. The van der Waals surface area contributed by atoms with Crippen LogP contribution in [0.15, 0.2) is 35.5 Å². The van der Waals surface area contributed by atoms with Gasteiger partial charge in [-0.3, -0.25) is 4.79 Å². The third kappa shape index (κ3) is 6.43. The van der Waals surface area contributed by atoms with Gasteiger partial charge in [0.2, 0.25) is 0 Å². The predicted octanol–water partition coefficient (Wildman–Crippen LogP) is 6.52. The van der Waals surface area contributed by atoms with Crippen molar-refractivity contribution in [2.24, 2.45) is 29.1 Å². The minimum absolute atomic E-state index is 0.101. The molecule has 3 saturated carbocycles. The lowest BCUT2D eigenvalue weighted by Gasteiger charge is -2.44. The summed E-state index contributed by atoms with van der Waals surface area (Å²) < 4.78 is 4.79. The Hall–Kier alpha value is -1.39. The Labute approximate surface area is 207 Å². The van der Waals surface area contributed by atoms with Crippen LogP contribution in [0.3, 0.4) is 0 Å². The summed E-state index contributed by atoms with van der Waals surface area (Å²) in [4.78, 5) is 11.7. The molecule has 4 nitrogen and oxygen atoms in total. The van der Waals surface area contributed by atoms with Crippen LogP contribution >= 0.6 is 0 Å². The van der Waals surface area contributed by atoms with Crippen LogP contribution in [-0.2, 0) is 9.53 Å². The lowest BCUT2D eigenvalue weighted by molar-refractivity contribution is -0.142. The fourth-order valence-electron chi connectivity index (χ4n) is 7.29. The average Bonchev–Trinajstić information content (AvgIpc) is 3.11. The Balaban J connectivity index is 1.66. The van der Waals surface area contributed by atoms with Gasteiger partial charge in [0.1, 0.15) is 0 Å². The third-order valence-electron chi connectivity index (χ3n) is 9.26. The first-order valence-electron chi connectivity index (χ1n) is 13.5. The maximum Gasteiger partial charge on any atom is 0.305 e. The fourth-order valence-corrected chi connectivity index (χ4v) is 7.29. The number of aliphatic hydroxyl groups is 2. The second-order valence-electron chi connectivity index (χ2n) is 12.3. The number of rotatable bonds is 8. The Kier molecular flexibility index (Phi) is 8.90. The molecule has 192 valence electrons. The van der Waals surface area contributed by atoms with Crippen molar-refractivity contribution in [1.82, 2.24) is 0 Å². The Morgan fingerprint density at radius 3 is 2.71 bits per heavy atom. The second-order valence-corrected chi connectivity index (χ2v) is 12.3. The number of fused-ring (bicyclic) bond motifs is 1. The van der Waals surface area contributed by atoms with Crippen molar-refractivity contribution >= 4 is 5.97 Å². The lowest BCUT2D eigenvalue weighted by atomic mass is 9.60. The zero-order chi connectivity index (χ0) is 25.1. The number of hydrogen-bond acceptors (Lipinski definition) is 4. The molecule has 3 rings (SSSR count). The molecule has 0 bridgehead atoms. The molecule has 2 N–H and O–H groups in total. The standard InChI is InChI=1S/C30H48O4/c1-20(9-7-15-29(3,4)33)25-13-14-26-22(10-8-16-30(25,26)5)11-12-23-18-27(31)24(17-21(23)2)19-28(32)34-6/h11-12,20,24-27,31,33H,2,7-10,13-19H2,1,3-6H3/b22-11+,23-12-/t20-,24-,25?,26?,27+,30+/m0/s1. The first kappa shape index (κ1) is 27.2. The van der Waals surface area contributed by atoms with Crippen LogP contribution < -0.4 is 0 Å². The molecule has 34 heavy (non-hydrogen) atoms. The molecular weight excluding hydrogens is 424 g/mol. The van der Waals surface area contributed by atoms with Crippen molar-refractivity contribution in [3.63, 3.8) is 0 Å². The summed E-state index contributed by atoms with van der Waals surface area (Å²) in [6.07, 6.45) is 15.0. The highest BCUT2D eigenvalue weighted by Gasteiger charge is 2.50. The topological polar surface area (TPSA) is 66.8 Å². The highest BCUT2D eigenvalue weighted by Crippen LogP contribution is 2.60. The molecule has 2 unspecified atom stereocenters. The summed E-state index contributed by atoms with van der Waals surface area (Å²) in [7, 11) is 1.39. The molecule has 3 aliphatic carbocycles. The summed E-state index contributed by atoms with van der Waals surface area (Å²) in [6.45, 7) is 13.0. The van der Waals surface area contributed by atoms with Gasteiger partial charge in [-0.1, -0.05) is 56.6 Å². The van der Waals surface area contributed by atoms with Crippen LogP contribution in [0.2, 0.25) is 0 Å². The number of carbonyl (C=O) groups is 1. The maximum atomic E-state index is 11.7. The molecule has 0 radical (unpaired) electrons. The van der Waals surface area contributed by atoms with Crippen LogP contribution in [0, 0.1) is 29.1 Å². The van der Waals surface area contributed by atoms with E-state index in [9.17, 15) is 15.0 Å². The summed E-state index contributed by atoms with van der Waals surface area (Å²) in [5.74, 6) is 1.72. The molecule has 0 heterocycles. The van der Waals surface area contributed by atoms with Crippen molar-refractivity contribution in [2.75, 3.05) is 7.11 Å². The number of carbonyl (C=O) groups excluding carboxylic acids is 1. The summed E-state index contributed by atoms with van der Waals surface area (Å²) in [6, 6.07) is 0. The quantitative estimate of drug-likeness (QED) is 0.395. The molecule has 0 saturated heterocycles. The SMILES string of the molecule is C=C1C[C@@H](CC(=O)OC)[C@H](O)C/C1=C/C=C1\CCC[C@@]2(C)C1CCC2[C@@H](C)CCCC(C)(C)O. The molecule has 0 aliphatic heterocycles. The van der Waals surface area contributed by atoms with Gasteiger partial charge in [0.25, 0.3) is 0 Å². The zero-order valence-electron chi connectivity index (χ0n) is 22.2. The van der Waals surface area contributed by atoms with E-state index < -0.39 is 11.7 Å². The molecule has 0 spiro atoms. The zero-order valence-corrected chi connectivity index (χ0v) is 22.2. The first-order chi connectivity index (χ1) is 15.9. The average molecular weight is 473 g/mol. The highest BCUT2D eigenvalue weighted by molar-refractivity contribution is 5.69. The molecule has 0 amide bonds. The van der Waals surface area contributed by atoms with Crippen molar-refractivity contribution in [3.05, 3.63) is 35.5 Å². The highest BCUT2D eigenvalue weighted by atomic mass is 16.5. The number of allylic oxidation sites excluding steroid dienone is 4. The smallest absolute Gasteiger partial charge is 0.305 e. The monoisotopic (exact) mass is 472 g/mol. The molecule has 6 atom stereocenters. The van der Waals surface area contributed by atoms with Crippen LogP contribution in [0.4, 0.5) is 0 Å². The van der Waals surface area contributed by atoms with E-state index in [1.54, 1.807) is 5.57 Å². The van der Waals surface area contributed by atoms with Gasteiger partial charge in [-0.25, -0.2) is 0 Å². The number of methoxy groups -OCH3 is 1. The van der Waals surface area contributed by atoms with Gasteiger partial charge in [-0.15, -0.1) is 0 Å². The molecule has 0 aromatic heterocycles. The molecule has 0 aromatic carbocycles. The van der Waals surface area contributed by atoms with Crippen LogP contribution in [-0.4, -0.2) is 35.0 Å². The van der Waals surface area contributed by atoms with E-state index >= 15 is 0 Å². The molecular formula is C30H48O4. The molecule has 4 heteroatoms. The normalized spacial score (nSPS) is 35.4. The van der Waals surface area contributed by atoms with Crippen LogP contribution in [0.5, 0.6) is 0 Å². The summed E-state index contributed by atoms with van der Waals surface area (Å²) in [5, 5.41) is 20.7. The van der Waals surface area contributed by atoms with Crippen LogP contribution in [0.25, 0.3) is 0 Å². The van der Waals surface area contributed by atoms with E-state index in [4.69, 9.17) is 4.74 Å². The van der Waals surface area contributed by atoms with Gasteiger partial charge < -0.3 is 14.9 Å². The van der Waals surface area contributed by atoms with Crippen LogP contribution in [0.1, 0.15) is 98.3 Å². The molecule has 3 fully saturated rings. The lowest BCUT2D eigenvalue weighted by Crippen LogP contribution is -2.36. The third-order valence-corrected chi connectivity index (χ3v) is 9.26. The summed E-state index contributed by atoms with van der Waals surface area (Å²) in [5.41, 5.74) is 3.55. The first-order valence-corrected chi connectivity index (χ1v) is 13.5.